The second-order valence-electron chi connectivity index (χ2n) is 3.66. The summed E-state index contributed by atoms with van der Waals surface area (Å²) in [5, 5.41) is 0. The van der Waals surface area contributed by atoms with Crippen molar-refractivity contribution in [3.8, 4) is 0 Å². The zero-order valence-corrected chi connectivity index (χ0v) is 8.43. The molecule has 0 bridgehead atoms. The van der Waals surface area contributed by atoms with Crippen molar-refractivity contribution in [1.29, 1.82) is 0 Å². The number of hydrogen-bond donors (Lipinski definition) is 0. The predicted octanol–water partition coefficient (Wildman–Crippen LogP) is 1.40. The summed E-state index contributed by atoms with van der Waals surface area (Å²) in [7, 11) is -3.24. The van der Waals surface area contributed by atoms with E-state index >= 15 is 0 Å². The first kappa shape index (κ1) is 9.99. The van der Waals surface area contributed by atoms with Gasteiger partial charge >= 0.3 is 0 Å². The van der Waals surface area contributed by atoms with Crippen molar-refractivity contribution in [1.82, 2.24) is 0 Å². The average molecular weight is 192 g/mol. The molecule has 12 heavy (non-hydrogen) atoms. The molecule has 0 radical (unpaired) electrons. The lowest BCUT2D eigenvalue weighted by atomic mass is 9.77. The molecule has 1 atom stereocenters. The van der Waals surface area contributed by atoms with Crippen LogP contribution in [0.15, 0.2) is 0 Å². The van der Waals surface area contributed by atoms with E-state index in [1.54, 1.807) is 0 Å². The van der Waals surface area contributed by atoms with Gasteiger partial charge in [-0.05, 0) is 11.8 Å². The summed E-state index contributed by atoms with van der Waals surface area (Å²) in [4.78, 5) is 0. The van der Waals surface area contributed by atoms with Crippen LogP contribution in [-0.4, -0.2) is 21.3 Å². The molecule has 0 aliphatic heterocycles. The molecule has 0 amide bonds. The highest BCUT2D eigenvalue weighted by atomic mass is 32.2. The summed E-state index contributed by atoms with van der Waals surface area (Å²) in [6.07, 6.45) is 4.84. The molecule has 1 aliphatic rings. The Morgan fingerprint density at radius 2 is 2.08 bits per heavy atom. The SMILES string of the molecule is CC(COS(C)(=O)=O)C1CCC1. The summed E-state index contributed by atoms with van der Waals surface area (Å²) in [5.41, 5.74) is 0. The van der Waals surface area contributed by atoms with Gasteiger partial charge in [-0.2, -0.15) is 8.42 Å². The monoisotopic (exact) mass is 192 g/mol. The van der Waals surface area contributed by atoms with E-state index in [9.17, 15) is 8.42 Å². The Morgan fingerprint density at radius 1 is 1.50 bits per heavy atom. The summed E-state index contributed by atoms with van der Waals surface area (Å²) in [5.74, 6) is 1.07. The minimum Gasteiger partial charge on any atom is -0.270 e. The normalized spacial score (nSPS) is 21.8. The van der Waals surface area contributed by atoms with E-state index in [1.807, 2.05) is 0 Å². The molecule has 0 aromatic rings. The van der Waals surface area contributed by atoms with Crippen LogP contribution in [-0.2, 0) is 14.3 Å². The van der Waals surface area contributed by atoms with Crippen molar-refractivity contribution in [2.45, 2.75) is 26.2 Å². The molecule has 0 N–H and O–H groups in total. The van der Waals surface area contributed by atoms with Crippen LogP contribution in [0.4, 0.5) is 0 Å². The minimum atomic E-state index is -3.24. The van der Waals surface area contributed by atoms with Gasteiger partial charge in [0, 0.05) is 0 Å². The van der Waals surface area contributed by atoms with Gasteiger partial charge in [0.15, 0.2) is 0 Å². The molecule has 0 spiro atoms. The van der Waals surface area contributed by atoms with Crippen LogP contribution in [0.1, 0.15) is 26.2 Å². The van der Waals surface area contributed by atoms with E-state index in [0.717, 1.165) is 6.26 Å². The van der Waals surface area contributed by atoms with Crippen molar-refractivity contribution in [3.05, 3.63) is 0 Å². The molecule has 72 valence electrons. The van der Waals surface area contributed by atoms with Gasteiger partial charge in [0.25, 0.3) is 10.1 Å². The van der Waals surface area contributed by atoms with Gasteiger partial charge in [-0.15, -0.1) is 0 Å². The molecule has 1 fully saturated rings. The fourth-order valence-corrected chi connectivity index (χ4v) is 1.84. The fourth-order valence-electron chi connectivity index (χ4n) is 1.38. The third-order valence-electron chi connectivity index (χ3n) is 2.50. The van der Waals surface area contributed by atoms with Gasteiger partial charge in [-0.3, -0.25) is 4.18 Å². The summed E-state index contributed by atoms with van der Waals surface area (Å²) >= 11 is 0. The Balaban J connectivity index is 2.22. The topological polar surface area (TPSA) is 43.4 Å². The maximum atomic E-state index is 10.6. The van der Waals surface area contributed by atoms with Crippen LogP contribution < -0.4 is 0 Å². The summed E-state index contributed by atoms with van der Waals surface area (Å²) in [6.45, 7) is 2.40. The van der Waals surface area contributed by atoms with E-state index in [0.29, 0.717) is 18.4 Å². The van der Waals surface area contributed by atoms with Crippen LogP contribution in [0.2, 0.25) is 0 Å². The molecular weight excluding hydrogens is 176 g/mol. The Bertz CT molecular complexity index is 229. The largest absolute Gasteiger partial charge is 0.270 e. The molecule has 0 saturated heterocycles. The van der Waals surface area contributed by atoms with Crippen LogP contribution >= 0.6 is 0 Å². The molecule has 1 aliphatic carbocycles. The Hall–Kier alpha value is -0.0900. The first-order valence-electron chi connectivity index (χ1n) is 4.33. The maximum absolute atomic E-state index is 10.6. The van der Waals surface area contributed by atoms with Gasteiger partial charge in [0.05, 0.1) is 12.9 Å². The third-order valence-corrected chi connectivity index (χ3v) is 3.06. The van der Waals surface area contributed by atoms with Crippen LogP contribution in [0.25, 0.3) is 0 Å². The predicted molar refractivity (Wildman–Crippen MR) is 47.3 cm³/mol. The highest BCUT2D eigenvalue weighted by Crippen LogP contribution is 2.33. The highest BCUT2D eigenvalue weighted by molar-refractivity contribution is 7.85. The zero-order valence-electron chi connectivity index (χ0n) is 7.62. The first-order chi connectivity index (χ1) is 5.49. The molecular formula is C8H16O3S. The molecule has 0 aromatic heterocycles. The van der Waals surface area contributed by atoms with Gasteiger partial charge in [0.2, 0.25) is 0 Å². The second-order valence-corrected chi connectivity index (χ2v) is 5.30. The van der Waals surface area contributed by atoms with Gasteiger partial charge in [0.1, 0.15) is 0 Å². The quantitative estimate of drug-likeness (QED) is 0.632. The molecule has 4 heteroatoms. The van der Waals surface area contributed by atoms with E-state index < -0.39 is 10.1 Å². The van der Waals surface area contributed by atoms with Crippen LogP contribution in [0.5, 0.6) is 0 Å². The van der Waals surface area contributed by atoms with Crippen molar-refractivity contribution >= 4 is 10.1 Å². The molecule has 1 saturated carbocycles. The van der Waals surface area contributed by atoms with E-state index in [4.69, 9.17) is 4.18 Å². The van der Waals surface area contributed by atoms with Gasteiger partial charge in [-0.1, -0.05) is 26.2 Å². The highest BCUT2D eigenvalue weighted by Gasteiger charge is 2.24. The smallest absolute Gasteiger partial charge is 0.264 e. The van der Waals surface area contributed by atoms with Crippen molar-refractivity contribution < 1.29 is 12.6 Å². The molecule has 3 nitrogen and oxygen atoms in total. The van der Waals surface area contributed by atoms with Crippen molar-refractivity contribution in [3.63, 3.8) is 0 Å². The fraction of sp³-hybridized carbons (Fsp3) is 1.00. The van der Waals surface area contributed by atoms with Gasteiger partial charge < -0.3 is 0 Å². The standard InChI is InChI=1S/C8H16O3S/c1-7(8-4-3-5-8)6-11-12(2,9)10/h7-8H,3-6H2,1-2H3. The first-order valence-corrected chi connectivity index (χ1v) is 6.15. The lowest BCUT2D eigenvalue weighted by Gasteiger charge is -2.30. The maximum Gasteiger partial charge on any atom is 0.264 e. The second kappa shape index (κ2) is 3.75. The lowest BCUT2D eigenvalue weighted by molar-refractivity contribution is 0.154. The molecule has 0 aromatic carbocycles. The number of rotatable bonds is 4. The van der Waals surface area contributed by atoms with Crippen molar-refractivity contribution in [2.24, 2.45) is 11.8 Å². The van der Waals surface area contributed by atoms with Crippen LogP contribution in [0.3, 0.4) is 0 Å². The average Bonchev–Trinajstić information content (AvgIpc) is 1.78. The Labute approximate surface area is 74.2 Å². The number of hydrogen-bond acceptors (Lipinski definition) is 3. The Morgan fingerprint density at radius 3 is 2.42 bits per heavy atom. The molecule has 1 rings (SSSR count). The Kier molecular flexibility index (Phi) is 3.12. The molecule has 0 heterocycles. The summed E-state index contributed by atoms with van der Waals surface area (Å²) in [6, 6.07) is 0. The lowest BCUT2D eigenvalue weighted by Crippen LogP contribution is -2.24. The van der Waals surface area contributed by atoms with Gasteiger partial charge in [-0.25, -0.2) is 0 Å². The zero-order chi connectivity index (χ0) is 9.19. The van der Waals surface area contributed by atoms with E-state index in [1.165, 1.54) is 19.3 Å². The molecule has 1 unspecified atom stereocenters. The third kappa shape index (κ3) is 3.11. The van der Waals surface area contributed by atoms with E-state index in [2.05, 4.69) is 6.92 Å². The van der Waals surface area contributed by atoms with Crippen LogP contribution in [0, 0.1) is 11.8 Å². The van der Waals surface area contributed by atoms with Crippen molar-refractivity contribution in [2.75, 3.05) is 12.9 Å². The minimum absolute atomic E-state index is 0.351. The summed E-state index contributed by atoms with van der Waals surface area (Å²) < 4.78 is 26.0. The van der Waals surface area contributed by atoms with E-state index in [-0.39, 0.29) is 0 Å².